The van der Waals surface area contributed by atoms with Crippen LogP contribution in [0.15, 0.2) is 29.2 Å². The lowest BCUT2D eigenvalue weighted by atomic mass is 10.2. The molecule has 0 unspecified atom stereocenters. The van der Waals surface area contributed by atoms with Crippen molar-refractivity contribution in [1.82, 2.24) is 0 Å². The first-order valence-corrected chi connectivity index (χ1v) is 7.11. The second-order valence-electron chi connectivity index (χ2n) is 4.36. The van der Waals surface area contributed by atoms with E-state index in [0.29, 0.717) is 12.3 Å². The molecule has 1 rings (SSSR count). The Morgan fingerprint density at radius 3 is 2.41 bits per heavy atom. The zero-order valence-corrected chi connectivity index (χ0v) is 10.8. The number of carbonyl (C=O) groups is 1. The molecule has 0 aliphatic rings. The van der Waals surface area contributed by atoms with Crippen LogP contribution in [0.1, 0.15) is 30.6 Å². The van der Waals surface area contributed by atoms with Gasteiger partial charge in [0.2, 0.25) is 5.91 Å². The van der Waals surface area contributed by atoms with Crippen LogP contribution in [0.2, 0.25) is 0 Å². The zero-order valence-electron chi connectivity index (χ0n) is 10.0. The predicted molar refractivity (Wildman–Crippen MR) is 66.5 cm³/mol. The smallest absolute Gasteiger partial charge is 0.250 e. The standard InChI is InChI=1S/C12H17NO3S/c1-9(2)7-8-17(15,16)11-6-4-3-5-10(11)12(13)14/h3-6,9H,7-8H2,1-2H3,(H2,13,14). The van der Waals surface area contributed by atoms with Crippen LogP contribution in [0.4, 0.5) is 0 Å². The Bertz CT molecular complexity index is 506. The molecule has 1 aromatic rings. The highest BCUT2D eigenvalue weighted by molar-refractivity contribution is 7.91. The molecule has 4 nitrogen and oxygen atoms in total. The van der Waals surface area contributed by atoms with E-state index in [1.807, 2.05) is 13.8 Å². The third kappa shape index (κ3) is 3.56. The van der Waals surface area contributed by atoms with Crippen LogP contribution in [0, 0.1) is 5.92 Å². The minimum absolute atomic E-state index is 0.0353. The highest BCUT2D eigenvalue weighted by atomic mass is 32.2. The van der Waals surface area contributed by atoms with Gasteiger partial charge in [-0.1, -0.05) is 26.0 Å². The highest BCUT2D eigenvalue weighted by Gasteiger charge is 2.20. The minimum atomic E-state index is -3.43. The first kappa shape index (κ1) is 13.7. The first-order chi connectivity index (χ1) is 7.84. The molecule has 0 saturated heterocycles. The number of nitrogens with two attached hydrogens (primary N) is 1. The van der Waals surface area contributed by atoms with E-state index in [0.717, 1.165) is 0 Å². The van der Waals surface area contributed by atoms with E-state index in [-0.39, 0.29) is 16.2 Å². The summed E-state index contributed by atoms with van der Waals surface area (Å²) in [4.78, 5) is 11.2. The predicted octanol–water partition coefficient (Wildman–Crippen LogP) is 1.61. The summed E-state index contributed by atoms with van der Waals surface area (Å²) in [5.41, 5.74) is 5.23. The Labute approximate surface area is 102 Å². The van der Waals surface area contributed by atoms with Gasteiger partial charge >= 0.3 is 0 Å². The summed E-state index contributed by atoms with van der Waals surface area (Å²) in [7, 11) is -3.43. The molecule has 0 radical (unpaired) electrons. The number of carbonyl (C=O) groups excluding carboxylic acids is 1. The molecule has 0 heterocycles. The summed E-state index contributed by atoms with van der Waals surface area (Å²) in [6, 6.07) is 6.05. The number of sulfone groups is 1. The Hall–Kier alpha value is -1.36. The molecule has 1 amide bonds. The van der Waals surface area contributed by atoms with Gasteiger partial charge in [-0.3, -0.25) is 4.79 Å². The van der Waals surface area contributed by atoms with Crippen LogP contribution in [0.25, 0.3) is 0 Å². The van der Waals surface area contributed by atoms with E-state index >= 15 is 0 Å². The van der Waals surface area contributed by atoms with Crippen molar-refractivity contribution in [2.24, 2.45) is 11.7 Å². The fourth-order valence-corrected chi connectivity index (χ4v) is 3.23. The average Bonchev–Trinajstić information content (AvgIpc) is 2.26. The van der Waals surface area contributed by atoms with Crippen LogP contribution in [0.5, 0.6) is 0 Å². The molecule has 1 aromatic carbocycles. The number of benzene rings is 1. The summed E-state index contributed by atoms with van der Waals surface area (Å²) < 4.78 is 24.1. The monoisotopic (exact) mass is 255 g/mol. The molecule has 0 saturated carbocycles. The van der Waals surface area contributed by atoms with E-state index < -0.39 is 15.7 Å². The SMILES string of the molecule is CC(C)CCS(=O)(=O)c1ccccc1C(N)=O. The summed E-state index contributed by atoms with van der Waals surface area (Å²) in [5, 5.41) is 0. The number of primary amides is 1. The number of hydrogen-bond acceptors (Lipinski definition) is 3. The summed E-state index contributed by atoms with van der Waals surface area (Å²) in [6.45, 7) is 3.91. The van der Waals surface area contributed by atoms with Crippen LogP contribution in [0.3, 0.4) is 0 Å². The summed E-state index contributed by atoms with van der Waals surface area (Å²) in [6.07, 6.45) is 0.565. The van der Waals surface area contributed by atoms with Crippen molar-refractivity contribution in [3.63, 3.8) is 0 Å². The molecular formula is C12H17NO3S. The molecule has 2 N–H and O–H groups in total. The highest BCUT2D eigenvalue weighted by Crippen LogP contribution is 2.18. The van der Waals surface area contributed by atoms with Crippen LogP contribution in [-0.4, -0.2) is 20.1 Å². The van der Waals surface area contributed by atoms with Crippen LogP contribution >= 0.6 is 0 Å². The molecule has 94 valence electrons. The van der Waals surface area contributed by atoms with E-state index in [1.54, 1.807) is 12.1 Å². The van der Waals surface area contributed by atoms with Crippen LogP contribution in [-0.2, 0) is 9.84 Å². The number of rotatable bonds is 5. The summed E-state index contributed by atoms with van der Waals surface area (Å²) >= 11 is 0. The first-order valence-electron chi connectivity index (χ1n) is 5.46. The zero-order chi connectivity index (χ0) is 13.1. The molecule has 0 aliphatic carbocycles. The van der Waals surface area contributed by atoms with Gasteiger partial charge in [0.05, 0.1) is 16.2 Å². The maximum absolute atomic E-state index is 12.1. The Kier molecular flexibility index (Phi) is 4.28. The molecule has 0 fully saturated rings. The Morgan fingerprint density at radius 2 is 1.88 bits per heavy atom. The molecular weight excluding hydrogens is 238 g/mol. The lowest BCUT2D eigenvalue weighted by Crippen LogP contribution is -2.18. The van der Waals surface area contributed by atoms with Gasteiger partial charge in [0, 0.05) is 0 Å². The van der Waals surface area contributed by atoms with Crippen molar-refractivity contribution in [2.75, 3.05) is 5.75 Å². The lowest BCUT2D eigenvalue weighted by molar-refractivity contribution is 0.0997. The van der Waals surface area contributed by atoms with Gasteiger partial charge in [-0.25, -0.2) is 8.42 Å². The fraction of sp³-hybridized carbons (Fsp3) is 0.417. The van der Waals surface area contributed by atoms with Gasteiger partial charge in [0.15, 0.2) is 9.84 Å². The second-order valence-corrected chi connectivity index (χ2v) is 6.44. The van der Waals surface area contributed by atoms with Gasteiger partial charge < -0.3 is 5.73 Å². The van der Waals surface area contributed by atoms with Gasteiger partial charge in [-0.05, 0) is 24.5 Å². The van der Waals surface area contributed by atoms with Gasteiger partial charge in [-0.15, -0.1) is 0 Å². The number of amides is 1. The second kappa shape index (κ2) is 5.31. The molecule has 17 heavy (non-hydrogen) atoms. The van der Waals surface area contributed by atoms with Gasteiger partial charge in [0.25, 0.3) is 0 Å². The maximum Gasteiger partial charge on any atom is 0.250 e. The van der Waals surface area contributed by atoms with Crippen molar-refractivity contribution in [1.29, 1.82) is 0 Å². The molecule has 0 aliphatic heterocycles. The van der Waals surface area contributed by atoms with E-state index in [9.17, 15) is 13.2 Å². The Balaban J connectivity index is 3.11. The Morgan fingerprint density at radius 1 is 1.29 bits per heavy atom. The largest absolute Gasteiger partial charge is 0.366 e. The lowest BCUT2D eigenvalue weighted by Gasteiger charge is -2.09. The van der Waals surface area contributed by atoms with Crippen LogP contribution < -0.4 is 5.73 Å². The van der Waals surface area contributed by atoms with Crippen molar-refractivity contribution < 1.29 is 13.2 Å². The quantitative estimate of drug-likeness (QED) is 0.868. The third-order valence-electron chi connectivity index (χ3n) is 2.45. The van der Waals surface area contributed by atoms with E-state index in [2.05, 4.69) is 0 Å². The molecule has 0 aromatic heterocycles. The third-order valence-corrected chi connectivity index (χ3v) is 4.25. The minimum Gasteiger partial charge on any atom is -0.366 e. The van der Waals surface area contributed by atoms with Gasteiger partial charge in [-0.2, -0.15) is 0 Å². The van der Waals surface area contributed by atoms with E-state index in [4.69, 9.17) is 5.73 Å². The normalized spacial score (nSPS) is 11.7. The van der Waals surface area contributed by atoms with Crippen molar-refractivity contribution >= 4 is 15.7 Å². The molecule has 0 bridgehead atoms. The maximum atomic E-state index is 12.1. The topological polar surface area (TPSA) is 77.2 Å². The van der Waals surface area contributed by atoms with Crippen molar-refractivity contribution in [3.8, 4) is 0 Å². The number of hydrogen-bond donors (Lipinski definition) is 1. The fourth-order valence-electron chi connectivity index (χ4n) is 1.44. The molecule has 0 spiro atoms. The van der Waals surface area contributed by atoms with E-state index in [1.165, 1.54) is 12.1 Å². The van der Waals surface area contributed by atoms with Crippen molar-refractivity contribution in [2.45, 2.75) is 25.2 Å². The van der Waals surface area contributed by atoms with Crippen molar-refractivity contribution in [3.05, 3.63) is 29.8 Å². The molecule has 5 heteroatoms. The molecule has 0 atom stereocenters. The van der Waals surface area contributed by atoms with Gasteiger partial charge in [0.1, 0.15) is 0 Å². The average molecular weight is 255 g/mol. The summed E-state index contributed by atoms with van der Waals surface area (Å²) in [5.74, 6) is -0.381.